The molecule has 0 unspecified atom stereocenters. The third kappa shape index (κ3) is 3.99. The summed E-state index contributed by atoms with van der Waals surface area (Å²) in [6.07, 6.45) is 7.67. The third-order valence-corrected chi connectivity index (χ3v) is 5.41. The second kappa shape index (κ2) is 7.84. The van der Waals surface area contributed by atoms with Crippen LogP contribution >= 0.6 is 0 Å². The topological polar surface area (TPSA) is 49.8 Å². The Morgan fingerprint density at radius 2 is 1.96 bits per heavy atom. The van der Waals surface area contributed by atoms with Crippen molar-refractivity contribution < 1.29 is 14.6 Å². The van der Waals surface area contributed by atoms with Gasteiger partial charge in [0.15, 0.2) is 0 Å². The van der Waals surface area contributed by atoms with E-state index >= 15 is 0 Å². The van der Waals surface area contributed by atoms with E-state index < -0.39 is 0 Å². The van der Waals surface area contributed by atoms with Crippen LogP contribution in [0.15, 0.2) is 42.0 Å². The maximum absolute atomic E-state index is 12.5. The summed E-state index contributed by atoms with van der Waals surface area (Å²) in [5.41, 5.74) is 0.870. The van der Waals surface area contributed by atoms with Crippen LogP contribution in [-0.4, -0.2) is 42.2 Å². The molecular formula is C20H27NO3. The molecule has 0 spiro atoms. The SMILES string of the molecule is O=C(C1=CCCC1)N1CCC(CO)(CCOc2ccccc2)CC1. The lowest BCUT2D eigenvalue weighted by Crippen LogP contribution is -2.45. The first-order chi connectivity index (χ1) is 11.7. The molecule has 2 aliphatic rings. The number of piperidine rings is 1. The van der Waals surface area contributed by atoms with Crippen LogP contribution in [0.1, 0.15) is 38.5 Å². The van der Waals surface area contributed by atoms with Crippen LogP contribution < -0.4 is 4.74 Å². The lowest BCUT2D eigenvalue weighted by molar-refractivity contribution is -0.130. The quantitative estimate of drug-likeness (QED) is 0.872. The van der Waals surface area contributed by atoms with Gasteiger partial charge in [0.1, 0.15) is 5.75 Å². The van der Waals surface area contributed by atoms with Gasteiger partial charge in [0.25, 0.3) is 0 Å². The molecule has 1 aliphatic carbocycles. The molecule has 1 saturated heterocycles. The Morgan fingerprint density at radius 1 is 1.21 bits per heavy atom. The van der Waals surface area contributed by atoms with Gasteiger partial charge in [0, 0.05) is 30.7 Å². The average molecular weight is 329 g/mol. The second-order valence-electron chi connectivity index (χ2n) is 6.98. The molecule has 4 heteroatoms. The van der Waals surface area contributed by atoms with E-state index in [1.165, 1.54) is 0 Å². The number of aliphatic hydroxyl groups is 1. The van der Waals surface area contributed by atoms with Gasteiger partial charge in [0.05, 0.1) is 6.61 Å². The van der Waals surface area contributed by atoms with Gasteiger partial charge < -0.3 is 14.7 Å². The van der Waals surface area contributed by atoms with Gasteiger partial charge in [-0.15, -0.1) is 0 Å². The van der Waals surface area contributed by atoms with Gasteiger partial charge in [-0.1, -0.05) is 24.3 Å². The van der Waals surface area contributed by atoms with Crippen molar-refractivity contribution in [2.24, 2.45) is 5.41 Å². The molecule has 130 valence electrons. The molecule has 1 aromatic carbocycles. The number of carbonyl (C=O) groups excluding carboxylic acids is 1. The number of hydrogen-bond donors (Lipinski definition) is 1. The molecule has 1 amide bonds. The van der Waals surface area contributed by atoms with E-state index in [1.807, 2.05) is 35.2 Å². The second-order valence-corrected chi connectivity index (χ2v) is 6.98. The number of benzene rings is 1. The van der Waals surface area contributed by atoms with E-state index in [1.54, 1.807) is 0 Å². The summed E-state index contributed by atoms with van der Waals surface area (Å²) in [4.78, 5) is 14.4. The van der Waals surface area contributed by atoms with Crippen LogP contribution in [0.25, 0.3) is 0 Å². The highest BCUT2D eigenvalue weighted by Crippen LogP contribution is 2.35. The molecule has 1 fully saturated rings. The molecule has 0 atom stereocenters. The first-order valence-corrected chi connectivity index (χ1v) is 8.99. The van der Waals surface area contributed by atoms with Crippen molar-refractivity contribution in [3.8, 4) is 5.75 Å². The van der Waals surface area contributed by atoms with Crippen LogP contribution in [0.2, 0.25) is 0 Å². The largest absolute Gasteiger partial charge is 0.494 e. The van der Waals surface area contributed by atoms with E-state index in [9.17, 15) is 9.90 Å². The molecule has 0 radical (unpaired) electrons. The Balaban J connectivity index is 1.49. The van der Waals surface area contributed by atoms with Crippen LogP contribution in [0.3, 0.4) is 0 Å². The highest BCUT2D eigenvalue weighted by molar-refractivity contribution is 5.93. The summed E-state index contributed by atoms with van der Waals surface area (Å²) < 4.78 is 5.79. The summed E-state index contributed by atoms with van der Waals surface area (Å²) in [5, 5.41) is 9.90. The zero-order valence-electron chi connectivity index (χ0n) is 14.2. The van der Waals surface area contributed by atoms with Gasteiger partial charge in [-0.3, -0.25) is 4.79 Å². The predicted octanol–water partition coefficient (Wildman–Crippen LogP) is 3.17. The Kier molecular flexibility index (Phi) is 5.56. The van der Waals surface area contributed by atoms with E-state index in [-0.39, 0.29) is 17.9 Å². The van der Waals surface area contributed by atoms with Crippen LogP contribution in [0.4, 0.5) is 0 Å². The molecule has 0 saturated carbocycles. The molecule has 3 rings (SSSR count). The number of carbonyl (C=O) groups is 1. The van der Waals surface area contributed by atoms with Crippen molar-refractivity contribution >= 4 is 5.91 Å². The summed E-state index contributed by atoms with van der Waals surface area (Å²) in [6, 6.07) is 9.77. The molecule has 0 bridgehead atoms. The highest BCUT2D eigenvalue weighted by Gasteiger charge is 2.36. The Morgan fingerprint density at radius 3 is 2.58 bits per heavy atom. The Bertz CT molecular complexity index is 574. The molecule has 1 aliphatic heterocycles. The maximum atomic E-state index is 12.5. The van der Waals surface area contributed by atoms with Crippen molar-refractivity contribution in [1.29, 1.82) is 0 Å². The fourth-order valence-electron chi connectivity index (χ4n) is 3.64. The minimum Gasteiger partial charge on any atom is -0.494 e. The van der Waals surface area contributed by atoms with Gasteiger partial charge in [-0.2, -0.15) is 0 Å². The van der Waals surface area contributed by atoms with Gasteiger partial charge in [-0.05, 0) is 50.7 Å². The Labute approximate surface area is 144 Å². The monoisotopic (exact) mass is 329 g/mol. The standard InChI is InChI=1S/C20H27NO3/c22-16-20(12-15-24-18-8-2-1-3-9-18)10-13-21(14-11-20)19(23)17-6-4-5-7-17/h1-3,6,8-9,22H,4-5,7,10-16H2. The highest BCUT2D eigenvalue weighted by atomic mass is 16.5. The minimum atomic E-state index is -0.115. The number of para-hydroxylation sites is 1. The zero-order valence-corrected chi connectivity index (χ0v) is 14.2. The molecule has 1 heterocycles. The first-order valence-electron chi connectivity index (χ1n) is 8.99. The van der Waals surface area contributed by atoms with E-state index in [2.05, 4.69) is 6.08 Å². The summed E-state index contributed by atoms with van der Waals surface area (Å²) in [5.74, 6) is 1.07. The lowest BCUT2D eigenvalue weighted by Gasteiger charge is -2.41. The van der Waals surface area contributed by atoms with Crippen LogP contribution in [-0.2, 0) is 4.79 Å². The Hall–Kier alpha value is -1.81. The molecular weight excluding hydrogens is 302 g/mol. The van der Waals surface area contributed by atoms with Crippen molar-refractivity contribution in [1.82, 2.24) is 4.90 Å². The molecule has 1 N–H and O–H groups in total. The third-order valence-electron chi connectivity index (χ3n) is 5.41. The van der Waals surface area contributed by atoms with Crippen molar-refractivity contribution in [3.63, 3.8) is 0 Å². The number of ether oxygens (including phenoxy) is 1. The number of hydrogen-bond acceptors (Lipinski definition) is 3. The van der Waals surface area contributed by atoms with Crippen molar-refractivity contribution in [3.05, 3.63) is 42.0 Å². The summed E-state index contributed by atoms with van der Waals surface area (Å²) >= 11 is 0. The van der Waals surface area contributed by atoms with Gasteiger partial charge >= 0.3 is 0 Å². The molecule has 0 aromatic heterocycles. The number of allylic oxidation sites excluding steroid dienone is 1. The molecule has 4 nitrogen and oxygen atoms in total. The van der Waals surface area contributed by atoms with Crippen LogP contribution in [0.5, 0.6) is 5.75 Å². The number of rotatable bonds is 6. The number of aliphatic hydroxyl groups excluding tert-OH is 1. The van der Waals surface area contributed by atoms with E-state index in [4.69, 9.17) is 4.74 Å². The van der Waals surface area contributed by atoms with Gasteiger partial charge in [-0.25, -0.2) is 0 Å². The fraction of sp³-hybridized carbons (Fsp3) is 0.550. The van der Waals surface area contributed by atoms with Crippen LogP contribution in [0, 0.1) is 5.41 Å². The number of nitrogens with zero attached hydrogens (tertiary/aromatic N) is 1. The number of likely N-dealkylation sites (tertiary alicyclic amines) is 1. The normalized spacial score (nSPS) is 19.9. The number of amides is 1. The maximum Gasteiger partial charge on any atom is 0.249 e. The van der Waals surface area contributed by atoms with Gasteiger partial charge in [0.2, 0.25) is 5.91 Å². The lowest BCUT2D eigenvalue weighted by atomic mass is 9.76. The summed E-state index contributed by atoms with van der Waals surface area (Å²) in [6.45, 7) is 2.24. The smallest absolute Gasteiger partial charge is 0.249 e. The minimum absolute atomic E-state index is 0.115. The van der Waals surface area contributed by atoms with E-state index in [0.717, 1.165) is 62.9 Å². The molecule has 1 aromatic rings. The van der Waals surface area contributed by atoms with Crippen molar-refractivity contribution in [2.75, 3.05) is 26.3 Å². The zero-order chi connectivity index (χ0) is 16.8. The average Bonchev–Trinajstić information content (AvgIpc) is 3.17. The summed E-state index contributed by atoms with van der Waals surface area (Å²) in [7, 11) is 0. The molecule has 24 heavy (non-hydrogen) atoms. The van der Waals surface area contributed by atoms with E-state index in [0.29, 0.717) is 6.61 Å². The van der Waals surface area contributed by atoms with Crippen molar-refractivity contribution in [2.45, 2.75) is 38.5 Å². The predicted molar refractivity (Wildman–Crippen MR) is 93.8 cm³/mol. The first kappa shape index (κ1) is 17.0. The fourth-order valence-corrected chi connectivity index (χ4v) is 3.64.